The molecule has 2 aromatic rings. The molecule has 2 rings (SSSR count). The summed E-state index contributed by atoms with van der Waals surface area (Å²) in [6.07, 6.45) is 0.213. The molecule has 120 valence electrons. The van der Waals surface area contributed by atoms with E-state index in [4.69, 9.17) is 5.11 Å². The van der Waals surface area contributed by atoms with Gasteiger partial charge in [-0.2, -0.15) is 0 Å². The second kappa shape index (κ2) is 8.13. The fourth-order valence-electron chi connectivity index (χ4n) is 2.63. The predicted molar refractivity (Wildman–Crippen MR) is 89.2 cm³/mol. The third-order valence-electron chi connectivity index (χ3n) is 3.68. The first-order valence-corrected chi connectivity index (χ1v) is 7.67. The zero-order chi connectivity index (χ0) is 16.7. The number of carboxylic acid groups (broad SMARTS) is 1. The molecule has 0 spiro atoms. The molecular weight excluding hydrogens is 290 g/mol. The maximum Gasteiger partial charge on any atom is 0.305 e. The van der Waals surface area contributed by atoms with E-state index in [1.54, 1.807) is 6.92 Å². The van der Waals surface area contributed by atoms with E-state index in [-0.39, 0.29) is 30.7 Å². The van der Waals surface area contributed by atoms with Crippen LogP contribution in [0.25, 0.3) is 0 Å². The Bertz CT molecular complexity index is 601. The maximum atomic E-state index is 12.3. The minimum atomic E-state index is -0.916. The van der Waals surface area contributed by atoms with Gasteiger partial charge in [-0.25, -0.2) is 0 Å². The average molecular weight is 311 g/mol. The highest BCUT2D eigenvalue weighted by Gasteiger charge is 2.19. The standard InChI is InChI=1S/C19H21NO3/c1-14(12-19(22)23)20-18(21)13-17(15-8-4-2-5-9-15)16-10-6-3-7-11-16/h2-11,14,17H,12-13H2,1H3,(H,20,21)(H,22,23). The summed E-state index contributed by atoms with van der Waals surface area (Å²) in [6.45, 7) is 1.70. The Morgan fingerprint density at radius 3 is 1.83 bits per heavy atom. The molecule has 2 aromatic carbocycles. The molecule has 1 unspecified atom stereocenters. The zero-order valence-corrected chi connectivity index (χ0v) is 13.1. The number of hydrogen-bond acceptors (Lipinski definition) is 2. The first-order valence-electron chi connectivity index (χ1n) is 7.67. The smallest absolute Gasteiger partial charge is 0.305 e. The van der Waals surface area contributed by atoms with Gasteiger partial charge in [0, 0.05) is 18.4 Å². The molecule has 1 atom stereocenters. The third-order valence-corrected chi connectivity index (χ3v) is 3.68. The Balaban J connectivity index is 2.13. The third kappa shape index (κ3) is 5.25. The van der Waals surface area contributed by atoms with Gasteiger partial charge in [0.15, 0.2) is 0 Å². The molecule has 1 amide bonds. The van der Waals surface area contributed by atoms with Crippen LogP contribution in [0.4, 0.5) is 0 Å². The van der Waals surface area contributed by atoms with Crippen LogP contribution in [0, 0.1) is 0 Å². The molecule has 0 saturated heterocycles. The van der Waals surface area contributed by atoms with Crippen LogP contribution >= 0.6 is 0 Å². The van der Waals surface area contributed by atoms with Crippen molar-refractivity contribution in [2.45, 2.75) is 31.7 Å². The summed E-state index contributed by atoms with van der Waals surface area (Å²) in [5.74, 6) is -1.11. The number of benzene rings is 2. The number of carboxylic acids is 1. The molecule has 0 aliphatic rings. The lowest BCUT2D eigenvalue weighted by Gasteiger charge is -2.19. The Hall–Kier alpha value is -2.62. The maximum absolute atomic E-state index is 12.3. The van der Waals surface area contributed by atoms with Crippen molar-refractivity contribution < 1.29 is 14.7 Å². The van der Waals surface area contributed by atoms with E-state index in [0.717, 1.165) is 11.1 Å². The molecule has 0 heterocycles. The van der Waals surface area contributed by atoms with Crippen LogP contribution in [0.15, 0.2) is 60.7 Å². The van der Waals surface area contributed by atoms with Gasteiger partial charge in [0.05, 0.1) is 6.42 Å². The second-order valence-electron chi connectivity index (χ2n) is 5.64. The van der Waals surface area contributed by atoms with Crippen molar-refractivity contribution in [1.29, 1.82) is 0 Å². The minimum Gasteiger partial charge on any atom is -0.481 e. The van der Waals surface area contributed by atoms with Crippen molar-refractivity contribution in [1.82, 2.24) is 5.32 Å². The van der Waals surface area contributed by atoms with Crippen LogP contribution in [-0.2, 0) is 9.59 Å². The molecule has 4 nitrogen and oxygen atoms in total. The van der Waals surface area contributed by atoms with E-state index >= 15 is 0 Å². The highest BCUT2D eigenvalue weighted by Crippen LogP contribution is 2.27. The van der Waals surface area contributed by atoms with E-state index in [9.17, 15) is 9.59 Å². The number of carbonyl (C=O) groups is 2. The lowest BCUT2D eigenvalue weighted by molar-refractivity contribution is -0.137. The highest BCUT2D eigenvalue weighted by atomic mass is 16.4. The van der Waals surface area contributed by atoms with Gasteiger partial charge in [-0.1, -0.05) is 60.7 Å². The Kier molecular flexibility index (Phi) is 5.92. The molecule has 0 saturated carbocycles. The summed E-state index contributed by atoms with van der Waals surface area (Å²) in [5.41, 5.74) is 2.14. The first kappa shape index (κ1) is 16.7. The molecule has 0 radical (unpaired) electrons. The Morgan fingerprint density at radius 2 is 1.39 bits per heavy atom. The highest BCUT2D eigenvalue weighted by molar-refractivity contribution is 5.78. The van der Waals surface area contributed by atoms with Crippen LogP contribution < -0.4 is 5.32 Å². The number of amides is 1. The van der Waals surface area contributed by atoms with Gasteiger partial charge in [0.25, 0.3) is 0 Å². The van der Waals surface area contributed by atoms with Crippen molar-refractivity contribution in [2.24, 2.45) is 0 Å². The van der Waals surface area contributed by atoms with Gasteiger partial charge >= 0.3 is 5.97 Å². The largest absolute Gasteiger partial charge is 0.481 e. The van der Waals surface area contributed by atoms with Crippen LogP contribution in [-0.4, -0.2) is 23.0 Å². The summed E-state index contributed by atoms with van der Waals surface area (Å²) in [6, 6.07) is 19.3. The lowest BCUT2D eigenvalue weighted by atomic mass is 9.88. The van der Waals surface area contributed by atoms with Crippen LogP contribution in [0.5, 0.6) is 0 Å². The van der Waals surface area contributed by atoms with Crippen molar-refractivity contribution in [3.63, 3.8) is 0 Å². The second-order valence-corrected chi connectivity index (χ2v) is 5.64. The minimum absolute atomic E-state index is 0.0468. The molecule has 0 aromatic heterocycles. The van der Waals surface area contributed by atoms with Crippen LogP contribution in [0.3, 0.4) is 0 Å². The molecular formula is C19H21NO3. The van der Waals surface area contributed by atoms with Gasteiger partial charge < -0.3 is 10.4 Å². The fraction of sp³-hybridized carbons (Fsp3) is 0.263. The molecule has 0 bridgehead atoms. The van der Waals surface area contributed by atoms with Gasteiger partial charge in [-0.3, -0.25) is 9.59 Å². The number of rotatable bonds is 7. The number of carbonyl (C=O) groups excluding carboxylic acids is 1. The summed E-state index contributed by atoms with van der Waals surface area (Å²) in [4.78, 5) is 23.0. The average Bonchev–Trinajstić information content (AvgIpc) is 2.53. The van der Waals surface area contributed by atoms with Gasteiger partial charge in [-0.15, -0.1) is 0 Å². The quantitative estimate of drug-likeness (QED) is 0.825. The molecule has 0 aliphatic carbocycles. The Labute approximate surface area is 136 Å². The number of hydrogen-bond donors (Lipinski definition) is 2. The van der Waals surface area contributed by atoms with Crippen molar-refractivity contribution in [2.75, 3.05) is 0 Å². The monoisotopic (exact) mass is 311 g/mol. The fourth-order valence-corrected chi connectivity index (χ4v) is 2.63. The van der Waals surface area contributed by atoms with Crippen LogP contribution in [0.1, 0.15) is 36.8 Å². The summed E-state index contributed by atoms with van der Waals surface area (Å²) < 4.78 is 0. The van der Waals surface area contributed by atoms with Crippen molar-refractivity contribution in [3.05, 3.63) is 71.8 Å². The van der Waals surface area contributed by atoms with Crippen LogP contribution in [0.2, 0.25) is 0 Å². The van der Waals surface area contributed by atoms with E-state index in [1.165, 1.54) is 0 Å². The number of nitrogens with one attached hydrogen (secondary N) is 1. The van der Waals surface area contributed by atoms with E-state index < -0.39 is 5.97 Å². The van der Waals surface area contributed by atoms with Gasteiger partial charge in [0.1, 0.15) is 0 Å². The lowest BCUT2D eigenvalue weighted by Crippen LogP contribution is -2.35. The molecule has 0 aliphatic heterocycles. The van der Waals surface area contributed by atoms with Crippen molar-refractivity contribution in [3.8, 4) is 0 Å². The molecule has 2 N–H and O–H groups in total. The molecule has 4 heteroatoms. The zero-order valence-electron chi connectivity index (χ0n) is 13.1. The topological polar surface area (TPSA) is 66.4 Å². The summed E-state index contributed by atoms with van der Waals surface area (Å²) in [7, 11) is 0. The van der Waals surface area contributed by atoms with E-state index in [2.05, 4.69) is 5.32 Å². The predicted octanol–water partition coefficient (Wildman–Crippen LogP) is 3.19. The van der Waals surface area contributed by atoms with Gasteiger partial charge in [-0.05, 0) is 18.1 Å². The molecule has 23 heavy (non-hydrogen) atoms. The van der Waals surface area contributed by atoms with E-state index in [1.807, 2.05) is 60.7 Å². The van der Waals surface area contributed by atoms with E-state index in [0.29, 0.717) is 0 Å². The van der Waals surface area contributed by atoms with Gasteiger partial charge in [0.2, 0.25) is 5.91 Å². The number of aliphatic carboxylic acids is 1. The van der Waals surface area contributed by atoms with Crippen molar-refractivity contribution >= 4 is 11.9 Å². The summed E-state index contributed by atoms with van der Waals surface area (Å²) in [5, 5.41) is 11.5. The SMILES string of the molecule is CC(CC(=O)O)NC(=O)CC(c1ccccc1)c1ccccc1. The normalized spacial score (nSPS) is 11.9. The summed E-state index contributed by atoms with van der Waals surface area (Å²) >= 11 is 0. The molecule has 0 fully saturated rings. The Morgan fingerprint density at radius 1 is 0.913 bits per heavy atom. The first-order chi connectivity index (χ1) is 11.1.